The van der Waals surface area contributed by atoms with Gasteiger partial charge in [-0.05, 0) is 30.8 Å². The lowest BCUT2D eigenvalue weighted by molar-refractivity contribution is 0.708. The van der Waals surface area contributed by atoms with Crippen molar-refractivity contribution in [1.29, 1.82) is 0 Å². The Kier molecular flexibility index (Phi) is 5.96. The molecule has 21 heavy (non-hydrogen) atoms. The quantitative estimate of drug-likeness (QED) is 0.854. The Morgan fingerprint density at radius 2 is 2.10 bits per heavy atom. The van der Waals surface area contributed by atoms with Crippen LogP contribution in [0.25, 0.3) is 0 Å². The maximum absolute atomic E-state index is 6.18. The zero-order valence-electron chi connectivity index (χ0n) is 12.5. The van der Waals surface area contributed by atoms with E-state index < -0.39 is 0 Å². The first-order chi connectivity index (χ1) is 10.2. The van der Waals surface area contributed by atoms with Crippen molar-refractivity contribution in [1.82, 2.24) is 15.3 Å². The summed E-state index contributed by atoms with van der Waals surface area (Å²) in [4.78, 5) is 11.1. The number of hydrogen-bond donors (Lipinski definition) is 1. The summed E-state index contributed by atoms with van der Waals surface area (Å²) < 4.78 is 0. The normalized spacial score (nSPS) is 10.6. The van der Waals surface area contributed by atoms with E-state index in [1.165, 1.54) is 0 Å². The number of hydrogen-bond acceptors (Lipinski definition) is 4. The number of halogens is 1. The van der Waals surface area contributed by atoms with Crippen LogP contribution in [0, 0.1) is 0 Å². The van der Waals surface area contributed by atoms with Gasteiger partial charge in [0.1, 0.15) is 5.82 Å². The molecule has 0 aromatic carbocycles. The average Bonchev–Trinajstić information content (AvgIpc) is 2.53. The second kappa shape index (κ2) is 7.96. The third kappa shape index (κ3) is 4.69. The maximum Gasteiger partial charge on any atom is 0.128 e. The largest absolute Gasteiger partial charge is 0.359 e. The van der Waals surface area contributed by atoms with E-state index in [1.807, 2.05) is 43.6 Å². The summed E-state index contributed by atoms with van der Waals surface area (Å²) in [6.07, 6.45) is 2.72. The van der Waals surface area contributed by atoms with Crippen molar-refractivity contribution in [3.8, 4) is 0 Å². The summed E-state index contributed by atoms with van der Waals surface area (Å²) in [6.45, 7) is 4.53. The monoisotopic (exact) mass is 304 g/mol. The summed E-state index contributed by atoms with van der Waals surface area (Å²) in [5.74, 6) is 0.934. The highest BCUT2D eigenvalue weighted by molar-refractivity contribution is 6.31. The van der Waals surface area contributed by atoms with Crippen molar-refractivity contribution in [2.45, 2.75) is 19.9 Å². The smallest absolute Gasteiger partial charge is 0.128 e. The van der Waals surface area contributed by atoms with Crippen LogP contribution in [-0.4, -0.2) is 30.1 Å². The van der Waals surface area contributed by atoms with Gasteiger partial charge < -0.3 is 10.2 Å². The van der Waals surface area contributed by atoms with E-state index in [9.17, 15) is 0 Å². The first-order valence-corrected chi connectivity index (χ1v) is 7.55. The molecular weight excluding hydrogens is 284 g/mol. The van der Waals surface area contributed by atoms with Crippen LogP contribution in [-0.2, 0) is 13.0 Å². The molecule has 0 fully saturated rings. The molecule has 2 aromatic rings. The second-order valence-corrected chi connectivity index (χ2v) is 5.28. The number of aromatic nitrogens is 2. The lowest BCUT2D eigenvalue weighted by Gasteiger charge is -2.19. The van der Waals surface area contributed by atoms with E-state index in [0.29, 0.717) is 11.6 Å². The van der Waals surface area contributed by atoms with Gasteiger partial charge in [-0.3, -0.25) is 4.98 Å². The molecule has 0 unspecified atom stereocenters. The molecule has 0 aliphatic heterocycles. The molecule has 2 heterocycles. The zero-order valence-corrected chi connectivity index (χ0v) is 13.3. The first kappa shape index (κ1) is 15.7. The third-order valence-corrected chi connectivity index (χ3v) is 3.61. The Hall–Kier alpha value is -1.65. The molecule has 0 amide bonds. The summed E-state index contributed by atoms with van der Waals surface area (Å²) in [5, 5.41) is 3.96. The Balaban J connectivity index is 2.00. The highest BCUT2D eigenvalue weighted by Crippen LogP contribution is 2.18. The van der Waals surface area contributed by atoms with Gasteiger partial charge in [-0.1, -0.05) is 24.6 Å². The maximum atomic E-state index is 6.18. The molecule has 0 saturated carbocycles. The average molecular weight is 305 g/mol. The molecule has 0 aliphatic carbocycles. The van der Waals surface area contributed by atoms with Gasteiger partial charge in [0.15, 0.2) is 0 Å². The van der Waals surface area contributed by atoms with E-state index in [4.69, 9.17) is 11.6 Å². The Morgan fingerprint density at radius 3 is 2.81 bits per heavy atom. The number of pyridine rings is 2. The summed E-state index contributed by atoms with van der Waals surface area (Å²) >= 11 is 6.18. The number of likely N-dealkylation sites (N-methyl/N-ethyl adjacent to an activating group) is 1. The molecule has 0 spiro atoms. The highest BCUT2D eigenvalue weighted by atomic mass is 35.5. The van der Waals surface area contributed by atoms with Crippen molar-refractivity contribution in [2.24, 2.45) is 0 Å². The Bertz CT molecular complexity index is 559. The Morgan fingerprint density at radius 1 is 1.24 bits per heavy atom. The van der Waals surface area contributed by atoms with Crippen LogP contribution in [0.15, 0.2) is 36.5 Å². The number of nitrogens with zero attached hydrogens (tertiary/aromatic N) is 3. The molecule has 5 heteroatoms. The molecule has 0 bridgehead atoms. The van der Waals surface area contributed by atoms with E-state index >= 15 is 0 Å². The van der Waals surface area contributed by atoms with Crippen molar-refractivity contribution in [3.63, 3.8) is 0 Å². The van der Waals surface area contributed by atoms with Gasteiger partial charge in [-0.15, -0.1) is 0 Å². The van der Waals surface area contributed by atoms with E-state index in [0.717, 1.165) is 36.7 Å². The first-order valence-electron chi connectivity index (χ1n) is 7.18. The minimum atomic E-state index is 0.692. The molecule has 0 aliphatic rings. The van der Waals surface area contributed by atoms with Crippen LogP contribution in [0.2, 0.25) is 5.02 Å². The van der Waals surface area contributed by atoms with Gasteiger partial charge in [-0.25, -0.2) is 4.98 Å². The van der Waals surface area contributed by atoms with Gasteiger partial charge in [0.05, 0.1) is 10.7 Å². The van der Waals surface area contributed by atoms with E-state index in [2.05, 4.69) is 27.1 Å². The standard InChI is InChI=1S/C16H21ClN4/c1-3-18-12-15-14(17)7-8-16(20-15)21(2)11-9-13-6-4-5-10-19-13/h4-8,10,18H,3,9,11-12H2,1-2H3. The fourth-order valence-corrected chi connectivity index (χ4v) is 2.17. The molecular formula is C16H21ClN4. The van der Waals surface area contributed by atoms with Crippen molar-refractivity contribution >= 4 is 17.4 Å². The third-order valence-electron chi connectivity index (χ3n) is 3.27. The predicted octanol–water partition coefficient (Wildman–Crippen LogP) is 2.92. The van der Waals surface area contributed by atoms with Crippen LogP contribution in [0.5, 0.6) is 0 Å². The predicted molar refractivity (Wildman–Crippen MR) is 87.8 cm³/mol. The van der Waals surface area contributed by atoms with Gasteiger partial charge in [0.2, 0.25) is 0 Å². The van der Waals surface area contributed by atoms with Crippen LogP contribution < -0.4 is 10.2 Å². The lowest BCUT2D eigenvalue weighted by Crippen LogP contribution is -2.23. The van der Waals surface area contributed by atoms with Gasteiger partial charge in [-0.2, -0.15) is 0 Å². The number of rotatable bonds is 7. The second-order valence-electron chi connectivity index (χ2n) is 4.87. The van der Waals surface area contributed by atoms with Gasteiger partial charge in [0.25, 0.3) is 0 Å². The Labute approximate surface area is 131 Å². The lowest BCUT2D eigenvalue weighted by atomic mass is 10.2. The van der Waals surface area contributed by atoms with E-state index in [1.54, 1.807) is 0 Å². The van der Waals surface area contributed by atoms with Crippen molar-refractivity contribution in [3.05, 3.63) is 52.9 Å². The van der Waals surface area contributed by atoms with Crippen LogP contribution in [0.3, 0.4) is 0 Å². The van der Waals surface area contributed by atoms with Gasteiger partial charge in [0, 0.05) is 38.4 Å². The number of nitrogens with one attached hydrogen (secondary N) is 1. The van der Waals surface area contributed by atoms with Crippen molar-refractivity contribution in [2.75, 3.05) is 25.0 Å². The van der Waals surface area contributed by atoms with Crippen LogP contribution in [0.1, 0.15) is 18.3 Å². The topological polar surface area (TPSA) is 41.1 Å². The summed E-state index contributed by atoms with van der Waals surface area (Å²) in [5.41, 5.74) is 1.98. The van der Waals surface area contributed by atoms with Crippen LogP contribution in [0.4, 0.5) is 5.82 Å². The molecule has 2 rings (SSSR count). The fraction of sp³-hybridized carbons (Fsp3) is 0.375. The minimum Gasteiger partial charge on any atom is -0.359 e. The SMILES string of the molecule is CCNCc1nc(N(C)CCc2ccccn2)ccc1Cl. The molecule has 0 saturated heterocycles. The zero-order chi connectivity index (χ0) is 15.1. The fourth-order valence-electron chi connectivity index (χ4n) is 2.00. The van der Waals surface area contributed by atoms with Gasteiger partial charge >= 0.3 is 0 Å². The highest BCUT2D eigenvalue weighted by Gasteiger charge is 2.07. The molecule has 112 valence electrons. The summed E-state index contributed by atoms with van der Waals surface area (Å²) in [6, 6.07) is 9.85. The molecule has 4 nitrogen and oxygen atoms in total. The van der Waals surface area contributed by atoms with E-state index in [-0.39, 0.29) is 0 Å². The summed E-state index contributed by atoms with van der Waals surface area (Å²) in [7, 11) is 2.04. The molecule has 1 N–H and O–H groups in total. The molecule has 2 aromatic heterocycles. The minimum absolute atomic E-state index is 0.692. The molecule has 0 radical (unpaired) electrons. The molecule has 0 atom stereocenters. The number of anilines is 1. The van der Waals surface area contributed by atoms with Crippen LogP contribution >= 0.6 is 11.6 Å². The van der Waals surface area contributed by atoms with Crippen molar-refractivity contribution < 1.29 is 0 Å².